The highest BCUT2D eigenvalue weighted by Gasteiger charge is 2.13. The van der Waals surface area contributed by atoms with Crippen LogP contribution < -0.4 is 16.8 Å². The van der Waals surface area contributed by atoms with Gasteiger partial charge in [-0.3, -0.25) is 0 Å². The Morgan fingerprint density at radius 1 is 1.18 bits per heavy atom. The minimum Gasteiger partial charge on any atom is -0.454 e. The first-order chi connectivity index (χ1) is 10.6. The van der Waals surface area contributed by atoms with E-state index in [9.17, 15) is 4.79 Å². The van der Waals surface area contributed by atoms with Crippen molar-refractivity contribution in [3.8, 4) is 0 Å². The van der Waals surface area contributed by atoms with Crippen molar-refractivity contribution in [3.63, 3.8) is 0 Å². The van der Waals surface area contributed by atoms with Crippen LogP contribution in [0.5, 0.6) is 0 Å². The molecule has 0 saturated carbocycles. The highest BCUT2D eigenvalue weighted by molar-refractivity contribution is 5.95. The number of benzene rings is 1. The molecule has 22 heavy (non-hydrogen) atoms. The Balaban J connectivity index is 2.06. The maximum Gasteiger partial charge on any atom is 0.340 e. The van der Waals surface area contributed by atoms with Crippen molar-refractivity contribution in [2.75, 3.05) is 29.9 Å². The number of carbonyl (C=O) groups excluding carboxylic acids is 1. The molecule has 0 aliphatic rings. The lowest BCUT2D eigenvalue weighted by Crippen LogP contribution is -2.14. The second-order valence-corrected chi connectivity index (χ2v) is 4.24. The van der Waals surface area contributed by atoms with E-state index in [1.54, 1.807) is 24.3 Å². The van der Waals surface area contributed by atoms with E-state index in [0.29, 0.717) is 17.8 Å². The molecule has 0 saturated heterocycles. The summed E-state index contributed by atoms with van der Waals surface area (Å²) in [5.74, 6) is -0.468. The number of anilines is 3. The van der Waals surface area contributed by atoms with Gasteiger partial charge in [-0.1, -0.05) is 12.1 Å². The fraction of sp³-hybridized carbons (Fsp3) is 0.231. The second kappa shape index (κ2) is 7.18. The quantitative estimate of drug-likeness (QED) is 0.532. The molecule has 0 unspecified atom stereocenters. The molecule has 0 radical (unpaired) electrons. The summed E-state index contributed by atoms with van der Waals surface area (Å²) >= 11 is 0. The topological polar surface area (TPSA) is 149 Å². The number of para-hydroxylation sites is 1. The smallest absolute Gasteiger partial charge is 0.340 e. The number of ether oxygens (including phenoxy) is 1. The summed E-state index contributed by atoms with van der Waals surface area (Å²) in [4.78, 5) is 23.4. The molecular formula is C13H16N6O3. The van der Waals surface area contributed by atoms with Crippen molar-refractivity contribution in [1.29, 1.82) is 0 Å². The molecule has 0 aliphatic heterocycles. The molecule has 0 fully saturated rings. The summed E-state index contributed by atoms with van der Waals surface area (Å²) in [7, 11) is 0. The molecule has 9 heteroatoms. The molecule has 0 aliphatic carbocycles. The number of nitrogen functional groups attached to an aromatic ring is 2. The number of aliphatic hydroxyl groups excluding tert-OH is 1. The fourth-order valence-electron chi connectivity index (χ4n) is 1.74. The molecule has 116 valence electrons. The maximum absolute atomic E-state index is 12.1. The Bertz CT molecular complexity index is 644. The largest absolute Gasteiger partial charge is 0.454 e. The average Bonchev–Trinajstić information content (AvgIpc) is 2.50. The fourth-order valence-corrected chi connectivity index (χ4v) is 1.74. The first-order valence-electron chi connectivity index (χ1n) is 6.47. The van der Waals surface area contributed by atoms with Crippen LogP contribution in [0, 0.1) is 0 Å². The van der Waals surface area contributed by atoms with E-state index in [4.69, 9.17) is 21.3 Å². The van der Waals surface area contributed by atoms with E-state index in [1.807, 2.05) is 0 Å². The van der Waals surface area contributed by atoms with Gasteiger partial charge in [0.25, 0.3) is 0 Å². The number of rotatable bonds is 6. The van der Waals surface area contributed by atoms with Gasteiger partial charge in [0.05, 0.1) is 12.2 Å². The second-order valence-electron chi connectivity index (χ2n) is 4.24. The molecule has 0 bridgehead atoms. The predicted molar refractivity (Wildman–Crippen MR) is 79.8 cm³/mol. The van der Waals surface area contributed by atoms with Crippen molar-refractivity contribution >= 4 is 23.6 Å². The summed E-state index contributed by atoms with van der Waals surface area (Å²) in [6.07, 6.45) is 0. The van der Waals surface area contributed by atoms with Gasteiger partial charge < -0.3 is 26.6 Å². The van der Waals surface area contributed by atoms with Crippen molar-refractivity contribution < 1.29 is 14.6 Å². The molecular weight excluding hydrogens is 288 g/mol. The Morgan fingerprint density at radius 3 is 2.55 bits per heavy atom. The van der Waals surface area contributed by atoms with Gasteiger partial charge in [0, 0.05) is 12.2 Å². The zero-order chi connectivity index (χ0) is 15.9. The van der Waals surface area contributed by atoms with Crippen molar-refractivity contribution in [2.24, 2.45) is 0 Å². The molecule has 0 atom stereocenters. The molecule has 1 aromatic carbocycles. The number of hydrogen-bond acceptors (Lipinski definition) is 9. The summed E-state index contributed by atoms with van der Waals surface area (Å²) in [6, 6.07) is 6.80. The first kappa shape index (κ1) is 15.4. The number of hydrogen-bond donors (Lipinski definition) is 4. The van der Waals surface area contributed by atoms with Crippen LogP contribution in [-0.4, -0.2) is 39.2 Å². The van der Waals surface area contributed by atoms with Crippen LogP contribution in [-0.2, 0) is 11.3 Å². The third kappa shape index (κ3) is 4.03. The molecule has 1 heterocycles. The number of aliphatic hydroxyl groups is 1. The van der Waals surface area contributed by atoms with E-state index in [1.165, 1.54) is 0 Å². The lowest BCUT2D eigenvalue weighted by atomic mass is 10.2. The zero-order valence-corrected chi connectivity index (χ0v) is 11.7. The van der Waals surface area contributed by atoms with Crippen molar-refractivity contribution in [3.05, 3.63) is 35.7 Å². The Hall–Kier alpha value is -2.94. The first-order valence-corrected chi connectivity index (χ1v) is 6.47. The number of nitrogens with two attached hydrogens (primary N) is 2. The third-order valence-electron chi connectivity index (χ3n) is 2.62. The Morgan fingerprint density at radius 2 is 1.86 bits per heavy atom. The van der Waals surface area contributed by atoms with Crippen molar-refractivity contribution in [1.82, 2.24) is 15.0 Å². The summed E-state index contributed by atoms with van der Waals surface area (Å²) in [5.41, 5.74) is 11.8. The van der Waals surface area contributed by atoms with E-state index in [0.717, 1.165) is 0 Å². The highest BCUT2D eigenvalue weighted by Crippen LogP contribution is 2.16. The summed E-state index contributed by atoms with van der Waals surface area (Å²) in [6.45, 7) is 0.0989. The van der Waals surface area contributed by atoms with Gasteiger partial charge in [-0.15, -0.1) is 0 Å². The maximum atomic E-state index is 12.1. The van der Waals surface area contributed by atoms with Crippen LogP contribution in [0.15, 0.2) is 24.3 Å². The summed E-state index contributed by atoms with van der Waals surface area (Å²) < 4.78 is 5.14. The molecule has 6 N–H and O–H groups in total. The number of nitrogens with zero attached hydrogens (tertiary/aromatic N) is 3. The minimum atomic E-state index is -0.557. The minimum absolute atomic E-state index is 0.0384. The van der Waals surface area contributed by atoms with E-state index in [2.05, 4.69) is 20.3 Å². The number of carbonyl (C=O) groups is 1. The summed E-state index contributed by atoms with van der Waals surface area (Å²) in [5, 5.41) is 11.8. The standard InChI is InChI=1S/C13H16N6O3/c14-12-17-10(18-13(15)19-12)7-22-11(21)8-3-1-2-4-9(8)16-5-6-20/h1-4,16,20H,5-7H2,(H4,14,15,17,18,19). The SMILES string of the molecule is Nc1nc(N)nc(COC(=O)c2ccccc2NCCO)n1. The molecule has 1 aromatic heterocycles. The molecule has 2 rings (SSSR count). The van der Waals surface area contributed by atoms with Crippen LogP contribution in [0.4, 0.5) is 17.6 Å². The molecule has 9 nitrogen and oxygen atoms in total. The van der Waals surface area contributed by atoms with Gasteiger partial charge in [-0.25, -0.2) is 4.79 Å². The molecule has 0 spiro atoms. The van der Waals surface area contributed by atoms with E-state index < -0.39 is 5.97 Å². The third-order valence-corrected chi connectivity index (χ3v) is 2.62. The van der Waals surface area contributed by atoms with Gasteiger partial charge >= 0.3 is 5.97 Å². The van der Waals surface area contributed by atoms with E-state index in [-0.39, 0.29) is 30.9 Å². The van der Waals surface area contributed by atoms with E-state index >= 15 is 0 Å². The Labute approximate surface area is 126 Å². The number of esters is 1. The van der Waals surface area contributed by atoms with Gasteiger partial charge in [0.2, 0.25) is 11.9 Å². The van der Waals surface area contributed by atoms with Gasteiger partial charge in [0.1, 0.15) is 0 Å². The van der Waals surface area contributed by atoms with Crippen LogP contribution in [0.25, 0.3) is 0 Å². The zero-order valence-electron chi connectivity index (χ0n) is 11.7. The normalized spacial score (nSPS) is 10.2. The average molecular weight is 304 g/mol. The van der Waals surface area contributed by atoms with Crippen LogP contribution in [0.3, 0.4) is 0 Å². The van der Waals surface area contributed by atoms with Gasteiger partial charge in [0.15, 0.2) is 12.4 Å². The number of nitrogens with one attached hydrogen (secondary N) is 1. The highest BCUT2D eigenvalue weighted by atomic mass is 16.5. The van der Waals surface area contributed by atoms with Crippen LogP contribution >= 0.6 is 0 Å². The van der Waals surface area contributed by atoms with Gasteiger partial charge in [-0.05, 0) is 12.1 Å². The molecule has 0 amide bonds. The van der Waals surface area contributed by atoms with Crippen LogP contribution in [0.1, 0.15) is 16.2 Å². The predicted octanol–water partition coefficient (Wildman–Crippen LogP) is -0.203. The lowest BCUT2D eigenvalue weighted by molar-refractivity contribution is 0.0463. The molecule has 2 aromatic rings. The van der Waals surface area contributed by atoms with Crippen molar-refractivity contribution in [2.45, 2.75) is 6.61 Å². The number of aromatic nitrogens is 3. The van der Waals surface area contributed by atoms with Gasteiger partial charge in [-0.2, -0.15) is 15.0 Å². The Kier molecular flexibility index (Phi) is 5.04. The van der Waals surface area contributed by atoms with Crippen LogP contribution in [0.2, 0.25) is 0 Å². The lowest BCUT2D eigenvalue weighted by Gasteiger charge is -2.10. The monoisotopic (exact) mass is 304 g/mol.